The summed E-state index contributed by atoms with van der Waals surface area (Å²) in [6.45, 7) is 2.64. The molecule has 4 nitrogen and oxygen atoms in total. The lowest BCUT2D eigenvalue weighted by molar-refractivity contribution is -0.133. The number of rotatable bonds is 2. The van der Waals surface area contributed by atoms with Crippen LogP contribution in [0.1, 0.15) is 13.8 Å². The molecule has 0 amide bonds. The summed E-state index contributed by atoms with van der Waals surface area (Å²) in [5, 5.41) is 0. The minimum atomic E-state index is -0.384. The Morgan fingerprint density at radius 1 is 0.857 bits per heavy atom. The lowest BCUT2D eigenvalue weighted by Gasteiger charge is -2.03. The van der Waals surface area contributed by atoms with E-state index in [0.29, 0.717) is 11.5 Å². The standard InChI is InChI=1S/C10H10O4/c1-7(11)13-9-3-5-10(6-4-9)14-8(2)12/h3-6H,1-2H3. The summed E-state index contributed by atoms with van der Waals surface area (Å²) in [6, 6.07) is 6.22. The SMILES string of the molecule is CC(=O)Oc1ccc(OC(C)=O)cc1. The first-order valence-electron chi connectivity index (χ1n) is 4.05. The molecule has 0 saturated carbocycles. The second-order valence-electron chi connectivity index (χ2n) is 2.66. The molecule has 0 heterocycles. The molecule has 0 aliphatic rings. The van der Waals surface area contributed by atoms with E-state index in [4.69, 9.17) is 9.47 Å². The van der Waals surface area contributed by atoms with E-state index in [-0.39, 0.29) is 11.9 Å². The minimum Gasteiger partial charge on any atom is -0.427 e. The van der Waals surface area contributed by atoms with Gasteiger partial charge in [-0.3, -0.25) is 9.59 Å². The largest absolute Gasteiger partial charge is 0.427 e. The molecule has 0 fully saturated rings. The highest BCUT2D eigenvalue weighted by Crippen LogP contribution is 2.17. The van der Waals surface area contributed by atoms with E-state index < -0.39 is 0 Å². The van der Waals surface area contributed by atoms with Crippen LogP contribution in [-0.2, 0) is 9.59 Å². The molecule has 14 heavy (non-hydrogen) atoms. The Bertz CT molecular complexity index is 305. The van der Waals surface area contributed by atoms with E-state index in [9.17, 15) is 9.59 Å². The summed E-state index contributed by atoms with van der Waals surface area (Å²) in [5.74, 6) is 0.0808. The second-order valence-corrected chi connectivity index (χ2v) is 2.66. The average Bonchev–Trinajstić information content (AvgIpc) is 2.06. The molecule has 1 aromatic rings. The molecule has 0 aliphatic heterocycles. The van der Waals surface area contributed by atoms with Gasteiger partial charge in [-0.25, -0.2) is 0 Å². The predicted molar refractivity (Wildman–Crippen MR) is 49.1 cm³/mol. The Morgan fingerprint density at radius 2 is 1.14 bits per heavy atom. The van der Waals surface area contributed by atoms with Gasteiger partial charge >= 0.3 is 11.9 Å². The van der Waals surface area contributed by atoms with E-state index in [1.54, 1.807) is 24.3 Å². The van der Waals surface area contributed by atoms with Gasteiger partial charge in [-0.15, -0.1) is 0 Å². The fraction of sp³-hybridized carbons (Fsp3) is 0.200. The maximum atomic E-state index is 10.6. The van der Waals surface area contributed by atoms with Crippen molar-refractivity contribution in [3.8, 4) is 11.5 Å². The lowest BCUT2D eigenvalue weighted by Crippen LogP contribution is -2.03. The predicted octanol–water partition coefficient (Wildman–Crippen LogP) is 1.54. The van der Waals surface area contributed by atoms with Crippen LogP contribution in [0.4, 0.5) is 0 Å². The first-order chi connectivity index (χ1) is 6.58. The Kier molecular flexibility index (Phi) is 3.23. The Labute approximate surface area is 81.4 Å². The number of carbonyl (C=O) groups excluding carboxylic acids is 2. The number of benzene rings is 1. The van der Waals surface area contributed by atoms with Gasteiger partial charge in [-0.2, -0.15) is 0 Å². The van der Waals surface area contributed by atoms with Crippen molar-refractivity contribution in [3.63, 3.8) is 0 Å². The first-order valence-corrected chi connectivity index (χ1v) is 4.05. The highest BCUT2D eigenvalue weighted by atomic mass is 16.5. The van der Waals surface area contributed by atoms with Gasteiger partial charge in [-0.1, -0.05) is 0 Å². The maximum absolute atomic E-state index is 10.6. The van der Waals surface area contributed by atoms with Crippen molar-refractivity contribution in [3.05, 3.63) is 24.3 Å². The van der Waals surface area contributed by atoms with Gasteiger partial charge in [0.05, 0.1) is 0 Å². The van der Waals surface area contributed by atoms with Gasteiger partial charge in [-0.05, 0) is 24.3 Å². The molecule has 0 atom stereocenters. The summed E-state index contributed by atoms with van der Waals surface area (Å²) in [4.78, 5) is 21.1. The van der Waals surface area contributed by atoms with Crippen LogP contribution in [0.25, 0.3) is 0 Å². The normalized spacial score (nSPS) is 9.29. The van der Waals surface area contributed by atoms with Gasteiger partial charge in [0.1, 0.15) is 11.5 Å². The molecule has 0 unspecified atom stereocenters. The molecule has 1 rings (SSSR count). The van der Waals surface area contributed by atoms with Crippen molar-refractivity contribution < 1.29 is 19.1 Å². The molecular weight excluding hydrogens is 184 g/mol. The quantitative estimate of drug-likeness (QED) is 0.529. The smallest absolute Gasteiger partial charge is 0.308 e. The molecule has 0 bridgehead atoms. The summed E-state index contributed by atoms with van der Waals surface area (Å²) >= 11 is 0. The lowest BCUT2D eigenvalue weighted by atomic mass is 10.3. The number of hydrogen-bond donors (Lipinski definition) is 0. The Morgan fingerprint density at radius 3 is 1.36 bits per heavy atom. The fourth-order valence-electron chi connectivity index (χ4n) is 0.908. The highest BCUT2D eigenvalue weighted by Gasteiger charge is 2.00. The van der Waals surface area contributed by atoms with Crippen molar-refractivity contribution in [2.24, 2.45) is 0 Å². The van der Waals surface area contributed by atoms with E-state index in [2.05, 4.69) is 0 Å². The maximum Gasteiger partial charge on any atom is 0.308 e. The van der Waals surface area contributed by atoms with E-state index >= 15 is 0 Å². The summed E-state index contributed by atoms with van der Waals surface area (Å²) in [6.07, 6.45) is 0. The van der Waals surface area contributed by atoms with Crippen LogP contribution in [0.3, 0.4) is 0 Å². The Balaban J connectivity index is 2.68. The van der Waals surface area contributed by atoms with Crippen LogP contribution in [0.2, 0.25) is 0 Å². The van der Waals surface area contributed by atoms with Crippen molar-refractivity contribution in [2.75, 3.05) is 0 Å². The third kappa shape index (κ3) is 3.26. The highest BCUT2D eigenvalue weighted by molar-refractivity contribution is 5.70. The third-order valence-corrected chi connectivity index (χ3v) is 1.35. The zero-order valence-electron chi connectivity index (χ0n) is 7.94. The second kappa shape index (κ2) is 4.41. The topological polar surface area (TPSA) is 52.6 Å². The number of carbonyl (C=O) groups is 2. The molecular formula is C10H10O4. The molecule has 1 aromatic carbocycles. The fourth-order valence-corrected chi connectivity index (χ4v) is 0.908. The van der Waals surface area contributed by atoms with Gasteiger partial charge in [0.2, 0.25) is 0 Å². The molecule has 0 N–H and O–H groups in total. The van der Waals surface area contributed by atoms with Gasteiger partial charge in [0.15, 0.2) is 0 Å². The molecule has 0 aromatic heterocycles. The molecule has 0 radical (unpaired) electrons. The minimum absolute atomic E-state index is 0.384. The zero-order valence-corrected chi connectivity index (χ0v) is 7.94. The number of hydrogen-bond acceptors (Lipinski definition) is 4. The van der Waals surface area contributed by atoms with Gasteiger partial charge in [0, 0.05) is 13.8 Å². The van der Waals surface area contributed by atoms with Crippen molar-refractivity contribution in [1.29, 1.82) is 0 Å². The van der Waals surface area contributed by atoms with Crippen LogP contribution in [0.5, 0.6) is 11.5 Å². The molecule has 74 valence electrons. The summed E-state index contributed by atoms with van der Waals surface area (Å²) < 4.78 is 9.59. The average molecular weight is 194 g/mol. The molecule has 0 aliphatic carbocycles. The number of ether oxygens (including phenoxy) is 2. The van der Waals surface area contributed by atoms with Crippen LogP contribution in [-0.4, -0.2) is 11.9 Å². The third-order valence-electron chi connectivity index (χ3n) is 1.35. The van der Waals surface area contributed by atoms with Crippen LogP contribution >= 0.6 is 0 Å². The van der Waals surface area contributed by atoms with Crippen molar-refractivity contribution in [1.82, 2.24) is 0 Å². The number of esters is 2. The van der Waals surface area contributed by atoms with Crippen molar-refractivity contribution >= 4 is 11.9 Å². The first kappa shape index (κ1) is 10.2. The van der Waals surface area contributed by atoms with Crippen molar-refractivity contribution in [2.45, 2.75) is 13.8 Å². The monoisotopic (exact) mass is 194 g/mol. The van der Waals surface area contributed by atoms with Crippen LogP contribution in [0.15, 0.2) is 24.3 Å². The van der Waals surface area contributed by atoms with E-state index in [1.165, 1.54) is 13.8 Å². The van der Waals surface area contributed by atoms with E-state index in [1.807, 2.05) is 0 Å². The summed E-state index contributed by atoms with van der Waals surface area (Å²) in [5.41, 5.74) is 0. The zero-order chi connectivity index (χ0) is 10.6. The van der Waals surface area contributed by atoms with Gasteiger partial charge < -0.3 is 9.47 Å². The molecule has 4 heteroatoms. The molecule has 0 saturated heterocycles. The van der Waals surface area contributed by atoms with E-state index in [0.717, 1.165) is 0 Å². The van der Waals surface area contributed by atoms with Gasteiger partial charge in [0.25, 0.3) is 0 Å². The van der Waals surface area contributed by atoms with Crippen LogP contribution < -0.4 is 9.47 Å². The molecule has 0 spiro atoms. The summed E-state index contributed by atoms with van der Waals surface area (Å²) in [7, 11) is 0. The van der Waals surface area contributed by atoms with Crippen LogP contribution in [0, 0.1) is 0 Å². The Hall–Kier alpha value is -1.84.